The molecule has 0 aliphatic carbocycles. The lowest BCUT2D eigenvalue weighted by Gasteiger charge is -2.32. The molecule has 1 unspecified atom stereocenters. The number of piperidine rings is 1. The first-order chi connectivity index (χ1) is 8.91. The summed E-state index contributed by atoms with van der Waals surface area (Å²) in [5.74, 6) is -0.0608. The Labute approximate surface area is 113 Å². The van der Waals surface area contributed by atoms with E-state index in [0.29, 0.717) is 19.0 Å². The molecule has 19 heavy (non-hydrogen) atoms. The van der Waals surface area contributed by atoms with Gasteiger partial charge in [-0.2, -0.15) is 4.31 Å². The van der Waals surface area contributed by atoms with Gasteiger partial charge < -0.3 is 5.73 Å². The van der Waals surface area contributed by atoms with Crippen LogP contribution < -0.4 is 5.73 Å². The molecular formula is C13H19FN2O2S. The van der Waals surface area contributed by atoms with Crippen LogP contribution in [0.4, 0.5) is 4.39 Å². The van der Waals surface area contributed by atoms with Crippen LogP contribution in [0.25, 0.3) is 0 Å². The predicted octanol–water partition coefficient (Wildman–Crippen LogP) is 1.57. The van der Waals surface area contributed by atoms with E-state index in [1.165, 1.54) is 28.6 Å². The summed E-state index contributed by atoms with van der Waals surface area (Å²) in [6.07, 6.45) is 1.55. The summed E-state index contributed by atoms with van der Waals surface area (Å²) >= 11 is 0. The number of sulfonamides is 1. The minimum absolute atomic E-state index is 0.0932. The van der Waals surface area contributed by atoms with E-state index in [1.807, 2.05) is 6.92 Å². The van der Waals surface area contributed by atoms with Crippen LogP contribution in [0.2, 0.25) is 0 Å². The van der Waals surface area contributed by atoms with Crippen molar-refractivity contribution in [2.75, 3.05) is 13.1 Å². The van der Waals surface area contributed by atoms with Crippen molar-refractivity contribution in [3.63, 3.8) is 0 Å². The van der Waals surface area contributed by atoms with Crippen LogP contribution in [-0.2, 0) is 10.0 Å². The van der Waals surface area contributed by atoms with Gasteiger partial charge >= 0.3 is 0 Å². The fourth-order valence-electron chi connectivity index (χ4n) is 2.40. The van der Waals surface area contributed by atoms with Gasteiger partial charge in [0.2, 0.25) is 10.0 Å². The van der Waals surface area contributed by atoms with E-state index < -0.39 is 15.8 Å². The molecule has 0 amide bonds. The largest absolute Gasteiger partial charge is 0.328 e. The molecule has 1 aromatic carbocycles. The highest BCUT2D eigenvalue weighted by Gasteiger charge is 2.30. The highest BCUT2D eigenvalue weighted by Crippen LogP contribution is 2.25. The number of nitrogens with zero attached hydrogens (tertiary/aromatic N) is 1. The Hall–Kier alpha value is -0.980. The SMILES string of the molecule is CC(N)C1CCN(S(=O)(=O)c2ccc(F)cc2)CC1. The molecule has 0 saturated carbocycles. The third kappa shape index (κ3) is 3.13. The number of nitrogens with two attached hydrogens (primary N) is 1. The summed E-state index contributed by atoms with van der Waals surface area (Å²) in [5.41, 5.74) is 5.84. The summed E-state index contributed by atoms with van der Waals surface area (Å²) in [6, 6.07) is 5.05. The van der Waals surface area contributed by atoms with E-state index >= 15 is 0 Å². The number of rotatable bonds is 3. The number of hydrogen-bond acceptors (Lipinski definition) is 3. The van der Waals surface area contributed by atoms with Crippen molar-refractivity contribution in [1.82, 2.24) is 4.31 Å². The molecule has 1 fully saturated rings. The minimum Gasteiger partial charge on any atom is -0.328 e. The average molecular weight is 286 g/mol. The summed E-state index contributed by atoms with van der Waals surface area (Å²) in [4.78, 5) is 0.146. The normalized spacial score (nSPS) is 20.4. The second-order valence-corrected chi connectivity index (χ2v) is 6.99. The lowest BCUT2D eigenvalue weighted by Crippen LogP contribution is -2.42. The minimum atomic E-state index is -3.50. The van der Waals surface area contributed by atoms with Gasteiger partial charge in [0.25, 0.3) is 0 Å². The molecule has 1 aliphatic heterocycles. The van der Waals surface area contributed by atoms with Gasteiger partial charge in [-0.05, 0) is 49.9 Å². The Morgan fingerprint density at radius 1 is 1.26 bits per heavy atom. The first-order valence-corrected chi connectivity index (χ1v) is 7.86. The van der Waals surface area contributed by atoms with Gasteiger partial charge in [-0.1, -0.05) is 0 Å². The van der Waals surface area contributed by atoms with Crippen molar-refractivity contribution < 1.29 is 12.8 Å². The highest BCUT2D eigenvalue weighted by atomic mass is 32.2. The monoisotopic (exact) mass is 286 g/mol. The Balaban J connectivity index is 2.12. The smallest absolute Gasteiger partial charge is 0.243 e. The first kappa shape index (κ1) is 14.4. The van der Waals surface area contributed by atoms with Crippen molar-refractivity contribution >= 4 is 10.0 Å². The summed E-state index contributed by atoms with van der Waals surface area (Å²) in [5, 5.41) is 0. The molecule has 0 spiro atoms. The van der Waals surface area contributed by atoms with Gasteiger partial charge in [0.1, 0.15) is 5.82 Å². The molecule has 0 bridgehead atoms. The van der Waals surface area contributed by atoms with Crippen LogP contribution in [0.1, 0.15) is 19.8 Å². The second-order valence-electron chi connectivity index (χ2n) is 5.05. The number of hydrogen-bond donors (Lipinski definition) is 1. The van der Waals surface area contributed by atoms with Crippen molar-refractivity contribution in [2.45, 2.75) is 30.7 Å². The molecule has 1 aromatic rings. The molecule has 1 heterocycles. The zero-order valence-electron chi connectivity index (χ0n) is 10.9. The van der Waals surface area contributed by atoms with Crippen LogP contribution >= 0.6 is 0 Å². The lowest BCUT2D eigenvalue weighted by atomic mass is 9.92. The van der Waals surface area contributed by atoms with E-state index in [-0.39, 0.29) is 10.9 Å². The van der Waals surface area contributed by atoms with E-state index in [4.69, 9.17) is 5.73 Å². The maximum Gasteiger partial charge on any atom is 0.243 e. The van der Waals surface area contributed by atoms with E-state index in [0.717, 1.165) is 12.8 Å². The number of halogens is 1. The molecule has 106 valence electrons. The molecule has 6 heteroatoms. The second kappa shape index (κ2) is 5.56. The molecule has 4 nitrogen and oxygen atoms in total. The van der Waals surface area contributed by atoms with E-state index in [1.54, 1.807) is 0 Å². The van der Waals surface area contributed by atoms with Gasteiger partial charge in [0.15, 0.2) is 0 Å². The molecule has 0 aromatic heterocycles. The van der Waals surface area contributed by atoms with Gasteiger partial charge in [-0.15, -0.1) is 0 Å². The molecule has 1 aliphatic rings. The summed E-state index contributed by atoms with van der Waals surface area (Å²) < 4.78 is 39.0. The van der Waals surface area contributed by atoms with E-state index in [2.05, 4.69) is 0 Å². The molecule has 2 N–H and O–H groups in total. The zero-order valence-corrected chi connectivity index (χ0v) is 11.7. The van der Waals surface area contributed by atoms with Gasteiger partial charge in [0.05, 0.1) is 4.90 Å². The fourth-order valence-corrected chi connectivity index (χ4v) is 3.87. The van der Waals surface area contributed by atoms with Crippen molar-refractivity contribution in [3.05, 3.63) is 30.1 Å². The van der Waals surface area contributed by atoms with Crippen molar-refractivity contribution in [3.8, 4) is 0 Å². The van der Waals surface area contributed by atoms with Gasteiger partial charge in [0, 0.05) is 19.1 Å². The third-order valence-corrected chi connectivity index (χ3v) is 5.61. The summed E-state index contributed by atoms with van der Waals surface area (Å²) in [7, 11) is -3.50. The Bertz CT molecular complexity index is 520. The standard InChI is InChI=1S/C13H19FN2O2S/c1-10(15)11-6-8-16(9-7-11)19(17,18)13-4-2-12(14)3-5-13/h2-5,10-11H,6-9,15H2,1H3. The lowest BCUT2D eigenvalue weighted by molar-refractivity contribution is 0.250. The van der Waals surface area contributed by atoms with Crippen LogP contribution in [0.15, 0.2) is 29.2 Å². The number of benzene rings is 1. The van der Waals surface area contributed by atoms with Gasteiger partial charge in [-0.25, -0.2) is 12.8 Å². The Morgan fingerprint density at radius 3 is 2.26 bits per heavy atom. The molecule has 2 rings (SSSR count). The van der Waals surface area contributed by atoms with Crippen LogP contribution in [-0.4, -0.2) is 31.9 Å². The van der Waals surface area contributed by atoms with Crippen LogP contribution in [0, 0.1) is 11.7 Å². The molecule has 0 radical (unpaired) electrons. The maximum atomic E-state index is 12.8. The highest BCUT2D eigenvalue weighted by molar-refractivity contribution is 7.89. The summed E-state index contributed by atoms with van der Waals surface area (Å²) in [6.45, 7) is 2.91. The van der Waals surface area contributed by atoms with Crippen LogP contribution in [0.5, 0.6) is 0 Å². The fraction of sp³-hybridized carbons (Fsp3) is 0.538. The average Bonchev–Trinajstić information content (AvgIpc) is 2.39. The first-order valence-electron chi connectivity index (χ1n) is 6.42. The topological polar surface area (TPSA) is 63.4 Å². The zero-order chi connectivity index (χ0) is 14.0. The van der Waals surface area contributed by atoms with E-state index in [9.17, 15) is 12.8 Å². The van der Waals surface area contributed by atoms with Crippen LogP contribution in [0.3, 0.4) is 0 Å². The third-order valence-electron chi connectivity index (χ3n) is 3.69. The Morgan fingerprint density at radius 2 is 1.79 bits per heavy atom. The predicted molar refractivity (Wildman–Crippen MR) is 71.5 cm³/mol. The van der Waals surface area contributed by atoms with Crippen molar-refractivity contribution in [2.24, 2.45) is 11.7 Å². The Kier molecular flexibility index (Phi) is 4.23. The molecule has 1 atom stereocenters. The van der Waals surface area contributed by atoms with Gasteiger partial charge in [-0.3, -0.25) is 0 Å². The molecule has 1 saturated heterocycles. The quantitative estimate of drug-likeness (QED) is 0.917. The van der Waals surface area contributed by atoms with Crippen molar-refractivity contribution in [1.29, 1.82) is 0 Å². The maximum absolute atomic E-state index is 12.8. The molecular weight excluding hydrogens is 267 g/mol.